The van der Waals surface area contributed by atoms with Gasteiger partial charge in [0, 0.05) is 18.1 Å². The molecule has 0 saturated carbocycles. The fraction of sp³-hybridized carbons (Fsp3) is 0.267. The molecule has 2 rings (SSSR count). The average Bonchev–Trinajstić information content (AvgIpc) is 3.01. The first-order valence-electron chi connectivity index (χ1n) is 6.88. The van der Waals surface area contributed by atoms with Crippen molar-refractivity contribution in [1.82, 2.24) is 15.2 Å². The number of likely N-dealkylation sites (N-methyl/N-ethyl adjacent to an activating group) is 1. The van der Waals surface area contributed by atoms with Crippen LogP contribution >= 0.6 is 11.3 Å². The Balaban J connectivity index is 1.94. The minimum absolute atomic E-state index is 0.174. The maximum atomic E-state index is 13.0. The predicted molar refractivity (Wildman–Crippen MR) is 86.6 cm³/mol. The number of carbonyl (C=O) groups excluding carboxylic acids is 2. The quantitative estimate of drug-likeness (QED) is 0.814. The Morgan fingerprint density at radius 3 is 2.52 bits per heavy atom. The third-order valence-electron chi connectivity index (χ3n) is 3.19. The van der Waals surface area contributed by atoms with Crippen molar-refractivity contribution in [1.29, 1.82) is 0 Å². The second kappa shape index (κ2) is 7.80. The summed E-state index contributed by atoms with van der Waals surface area (Å²) in [6.07, 6.45) is 1.54. The minimum Gasteiger partial charge on any atom is -0.346 e. The van der Waals surface area contributed by atoms with Crippen LogP contribution in [0.5, 0.6) is 0 Å². The van der Waals surface area contributed by atoms with Gasteiger partial charge in [-0.2, -0.15) is 0 Å². The monoisotopic (exact) mass is 336 g/mol. The first-order chi connectivity index (χ1) is 11.0. The third-order valence-corrected chi connectivity index (χ3v) is 3.88. The van der Waals surface area contributed by atoms with Crippen molar-refractivity contribution in [3.8, 4) is 0 Å². The van der Waals surface area contributed by atoms with Crippen LogP contribution < -0.4 is 10.6 Å². The number of thiazole rings is 1. The number of nitrogens with one attached hydrogen (secondary N) is 2. The zero-order chi connectivity index (χ0) is 16.8. The van der Waals surface area contributed by atoms with Gasteiger partial charge in [-0.25, -0.2) is 9.37 Å². The van der Waals surface area contributed by atoms with E-state index in [4.69, 9.17) is 0 Å². The Morgan fingerprint density at radius 2 is 1.96 bits per heavy atom. The molecule has 0 aliphatic heterocycles. The fourth-order valence-electron chi connectivity index (χ4n) is 1.99. The van der Waals surface area contributed by atoms with E-state index in [1.165, 1.54) is 29.7 Å². The Bertz CT molecular complexity index is 659. The van der Waals surface area contributed by atoms with Gasteiger partial charge in [0.25, 0.3) is 0 Å². The first-order valence-corrected chi connectivity index (χ1v) is 7.76. The molecule has 0 saturated heterocycles. The summed E-state index contributed by atoms with van der Waals surface area (Å²) in [5, 5.41) is 7.06. The van der Waals surface area contributed by atoms with Gasteiger partial charge < -0.3 is 10.2 Å². The van der Waals surface area contributed by atoms with Gasteiger partial charge in [-0.05, 0) is 31.8 Å². The number of benzene rings is 1. The number of hydrogen-bond donors (Lipinski definition) is 2. The number of rotatable bonds is 5. The van der Waals surface area contributed by atoms with Crippen molar-refractivity contribution >= 4 is 28.3 Å². The predicted octanol–water partition coefficient (Wildman–Crippen LogP) is 1.64. The zero-order valence-electron chi connectivity index (χ0n) is 12.7. The van der Waals surface area contributed by atoms with Crippen molar-refractivity contribution < 1.29 is 14.0 Å². The molecule has 1 aromatic heterocycles. The molecule has 23 heavy (non-hydrogen) atoms. The first kappa shape index (κ1) is 17.0. The van der Waals surface area contributed by atoms with Crippen LogP contribution in [0, 0.1) is 5.82 Å². The van der Waals surface area contributed by atoms with E-state index >= 15 is 0 Å². The lowest BCUT2D eigenvalue weighted by molar-refractivity contribution is -0.136. The van der Waals surface area contributed by atoms with Gasteiger partial charge in [0.05, 0.1) is 6.04 Å². The molecule has 8 heteroatoms. The van der Waals surface area contributed by atoms with Crippen LogP contribution in [-0.2, 0) is 9.59 Å². The molecule has 2 aromatic rings. The molecule has 1 heterocycles. The molecule has 122 valence electrons. The molecule has 0 spiro atoms. The van der Waals surface area contributed by atoms with Gasteiger partial charge in [-0.1, -0.05) is 12.1 Å². The Labute approximate surface area is 137 Å². The van der Waals surface area contributed by atoms with E-state index in [2.05, 4.69) is 15.6 Å². The van der Waals surface area contributed by atoms with Crippen LogP contribution in [0.25, 0.3) is 0 Å². The molecule has 1 unspecified atom stereocenters. The summed E-state index contributed by atoms with van der Waals surface area (Å²) >= 11 is 1.23. The average molecular weight is 336 g/mol. The fourth-order valence-corrected chi connectivity index (χ4v) is 2.52. The van der Waals surface area contributed by atoms with E-state index in [-0.39, 0.29) is 18.4 Å². The number of hydrogen-bond acceptors (Lipinski definition) is 5. The van der Waals surface area contributed by atoms with E-state index in [1.807, 2.05) is 19.0 Å². The molecule has 0 aliphatic rings. The molecule has 6 nitrogen and oxygen atoms in total. The molecule has 0 aliphatic carbocycles. The van der Waals surface area contributed by atoms with Gasteiger partial charge in [0.1, 0.15) is 5.82 Å². The van der Waals surface area contributed by atoms with Crippen LogP contribution in [0.4, 0.5) is 9.52 Å². The summed E-state index contributed by atoms with van der Waals surface area (Å²) in [4.78, 5) is 29.4. The highest BCUT2D eigenvalue weighted by atomic mass is 32.1. The van der Waals surface area contributed by atoms with Crippen LogP contribution in [0.15, 0.2) is 35.8 Å². The standard InChI is InChI=1S/C15H17FN4O2S/c1-20(2)12(10-3-5-11(16)6-4-10)9-18-13(21)14(22)19-15-17-7-8-23-15/h3-8,12H,9H2,1-2H3,(H,18,21)(H,17,19,22). The number of amides is 2. The van der Waals surface area contributed by atoms with Crippen LogP contribution in [0.3, 0.4) is 0 Å². The zero-order valence-corrected chi connectivity index (χ0v) is 13.6. The lowest BCUT2D eigenvalue weighted by atomic mass is 10.1. The Morgan fingerprint density at radius 1 is 1.26 bits per heavy atom. The van der Waals surface area contributed by atoms with E-state index in [0.29, 0.717) is 5.13 Å². The molecular formula is C15H17FN4O2S. The summed E-state index contributed by atoms with van der Waals surface area (Å²) in [7, 11) is 3.69. The molecule has 2 N–H and O–H groups in total. The third kappa shape index (κ3) is 4.83. The van der Waals surface area contributed by atoms with Gasteiger partial charge in [0.15, 0.2) is 5.13 Å². The maximum absolute atomic E-state index is 13.0. The smallest absolute Gasteiger partial charge is 0.315 e. The van der Waals surface area contributed by atoms with Gasteiger partial charge in [-0.15, -0.1) is 11.3 Å². The second-order valence-electron chi connectivity index (χ2n) is 5.03. The van der Waals surface area contributed by atoms with Crippen molar-refractivity contribution in [3.05, 3.63) is 47.2 Å². The van der Waals surface area contributed by atoms with E-state index < -0.39 is 11.8 Å². The summed E-state index contributed by atoms with van der Waals surface area (Å²) in [6, 6.07) is 5.86. The minimum atomic E-state index is -0.767. The van der Waals surface area contributed by atoms with Gasteiger partial charge >= 0.3 is 11.8 Å². The highest BCUT2D eigenvalue weighted by Crippen LogP contribution is 2.17. The van der Waals surface area contributed by atoms with E-state index in [9.17, 15) is 14.0 Å². The normalized spacial score (nSPS) is 12.0. The molecular weight excluding hydrogens is 319 g/mol. The topological polar surface area (TPSA) is 74.3 Å². The summed E-state index contributed by atoms with van der Waals surface area (Å²) in [6.45, 7) is 0.225. The molecule has 0 bridgehead atoms. The van der Waals surface area contributed by atoms with Gasteiger partial charge in [0.2, 0.25) is 0 Å². The van der Waals surface area contributed by atoms with E-state index in [0.717, 1.165) is 5.56 Å². The number of nitrogens with zero attached hydrogens (tertiary/aromatic N) is 2. The Hall–Kier alpha value is -2.32. The summed E-state index contributed by atoms with van der Waals surface area (Å²) in [5.41, 5.74) is 0.844. The summed E-state index contributed by atoms with van der Waals surface area (Å²) in [5.74, 6) is -1.83. The van der Waals surface area contributed by atoms with E-state index in [1.54, 1.807) is 17.5 Å². The molecule has 0 fully saturated rings. The lowest BCUT2D eigenvalue weighted by Gasteiger charge is -2.25. The maximum Gasteiger partial charge on any atom is 0.315 e. The number of carbonyl (C=O) groups is 2. The highest BCUT2D eigenvalue weighted by Gasteiger charge is 2.19. The molecule has 2 amide bonds. The Kier molecular flexibility index (Phi) is 5.78. The number of anilines is 1. The SMILES string of the molecule is CN(C)C(CNC(=O)C(=O)Nc1nccs1)c1ccc(F)cc1. The molecule has 1 atom stereocenters. The van der Waals surface area contributed by atoms with Crippen LogP contribution in [-0.4, -0.2) is 42.3 Å². The highest BCUT2D eigenvalue weighted by molar-refractivity contribution is 7.13. The van der Waals surface area contributed by atoms with Crippen LogP contribution in [0.2, 0.25) is 0 Å². The number of aromatic nitrogens is 1. The summed E-state index contributed by atoms with van der Waals surface area (Å²) < 4.78 is 13.0. The molecule has 1 aromatic carbocycles. The second-order valence-corrected chi connectivity index (χ2v) is 5.93. The van der Waals surface area contributed by atoms with Crippen molar-refractivity contribution in [2.24, 2.45) is 0 Å². The molecule has 0 radical (unpaired) electrons. The largest absolute Gasteiger partial charge is 0.346 e. The van der Waals surface area contributed by atoms with Crippen molar-refractivity contribution in [3.63, 3.8) is 0 Å². The van der Waals surface area contributed by atoms with Crippen LogP contribution in [0.1, 0.15) is 11.6 Å². The van der Waals surface area contributed by atoms with Crippen molar-refractivity contribution in [2.75, 3.05) is 26.0 Å². The van der Waals surface area contributed by atoms with Gasteiger partial charge in [-0.3, -0.25) is 14.9 Å². The number of halogens is 1. The lowest BCUT2D eigenvalue weighted by Crippen LogP contribution is -2.40. The van der Waals surface area contributed by atoms with Crippen molar-refractivity contribution in [2.45, 2.75) is 6.04 Å².